The molecule has 2 N–H and O–H groups in total. The Bertz CT molecular complexity index is 1580. The Morgan fingerprint density at radius 1 is 1.15 bits per heavy atom. The van der Waals surface area contributed by atoms with Crippen LogP contribution in [0.5, 0.6) is 5.88 Å². The summed E-state index contributed by atoms with van der Waals surface area (Å²) < 4.78 is 34.2. The van der Waals surface area contributed by atoms with E-state index in [1.807, 2.05) is 18.0 Å². The van der Waals surface area contributed by atoms with Gasteiger partial charge in [-0.3, -0.25) is 4.79 Å². The fourth-order valence-corrected chi connectivity index (χ4v) is 6.44. The van der Waals surface area contributed by atoms with E-state index < -0.39 is 27.5 Å². The minimum atomic E-state index is -4.42. The lowest BCUT2D eigenvalue weighted by atomic mass is 9.83. The fraction of sp³-hybridized carbons (Fsp3) is 0.259. The highest BCUT2D eigenvalue weighted by Crippen LogP contribution is 2.49. The van der Waals surface area contributed by atoms with E-state index >= 15 is 0 Å². The summed E-state index contributed by atoms with van der Waals surface area (Å²) in [7, 11) is -2.51. The van der Waals surface area contributed by atoms with Crippen molar-refractivity contribution in [1.29, 1.82) is 5.26 Å². The number of nitrogens with one attached hydrogen (secondary N) is 2. The summed E-state index contributed by atoms with van der Waals surface area (Å²) in [5.41, 5.74) is -1.63. The molecule has 2 aliphatic heterocycles. The van der Waals surface area contributed by atoms with E-state index in [-0.39, 0.29) is 45.8 Å². The molecule has 3 amide bonds. The van der Waals surface area contributed by atoms with Crippen LogP contribution >= 0.6 is 0 Å². The molecule has 0 saturated carbocycles. The molecular weight excluding hydrogens is 520 g/mol. The summed E-state index contributed by atoms with van der Waals surface area (Å²) in [5, 5.41) is 15.3. The van der Waals surface area contributed by atoms with Crippen molar-refractivity contribution in [3.8, 4) is 11.9 Å². The number of pyridine rings is 1. The van der Waals surface area contributed by atoms with Crippen molar-refractivity contribution in [3.05, 3.63) is 83.6 Å². The normalized spacial score (nSPS) is 19.1. The van der Waals surface area contributed by atoms with Crippen LogP contribution in [0.2, 0.25) is 0 Å². The lowest BCUT2D eigenvalue weighted by Crippen LogP contribution is -2.63. The Hall–Kier alpha value is -4.47. The van der Waals surface area contributed by atoms with Crippen LogP contribution in [0.3, 0.4) is 0 Å². The topological polar surface area (TPSA) is 145 Å². The van der Waals surface area contributed by atoms with Crippen molar-refractivity contribution < 1.29 is 22.7 Å². The summed E-state index contributed by atoms with van der Waals surface area (Å²) in [6.07, 6.45) is 1.47. The summed E-state index contributed by atoms with van der Waals surface area (Å²) in [6.45, 7) is 3.18. The zero-order valence-corrected chi connectivity index (χ0v) is 22.1. The quantitative estimate of drug-likeness (QED) is 0.458. The number of urea groups is 1. The Kier molecular flexibility index (Phi) is 6.71. The molecule has 2 aromatic carbocycles. The van der Waals surface area contributed by atoms with Crippen molar-refractivity contribution >= 4 is 27.6 Å². The molecule has 0 spiro atoms. The van der Waals surface area contributed by atoms with E-state index in [4.69, 9.17) is 4.74 Å². The van der Waals surface area contributed by atoms with Gasteiger partial charge in [-0.15, -0.1) is 0 Å². The SMILES string of the molecule is CCOc1ncccc1C1(NC(=O)NC2CN(C)C2)C(=O)N(S(=O)(=O)c2ccccc2)c2ccc(C#N)cc21. The highest BCUT2D eigenvalue weighted by molar-refractivity contribution is 7.93. The Morgan fingerprint density at radius 3 is 2.56 bits per heavy atom. The first-order valence-corrected chi connectivity index (χ1v) is 13.7. The first kappa shape index (κ1) is 26.1. The molecule has 2 aliphatic rings. The summed E-state index contributed by atoms with van der Waals surface area (Å²) in [6, 6.07) is 16.1. The molecular formula is C27H26N6O5S. The van der Waals surface area contributed by atoms with Crippen LogP contribution in [0.1, 0.15) is 23.6 Å². The number of rotatable bonds is 7. The smallest absolute Gasteiger partial charge is 0.316 e. The van der Waals surface area contributed by atoms with E-state index in [0.717, 1.165) is 0 Å². The van der Waals surface area contributed by atoms with Crippen LogP contribution in [0.25, 0.3) is 0 Å². The second kappa shape index (κ2) is 10.0. The molecule has 0 bridgehead atoms. The highest BCUT2D eigenvalue weighted by Gasteiger charge is 2.58. The van der Waals surface area contributed by atoms with Crippen LogP contribution in [0.15, 0.2) is 71.8 Å². The number of likely N-dealkylation sites (N-methyl/N-ethyl adjacent to an activating group) is 1. The van der Waals surface area contributed by atoms with Crippen molar-refractivity contribution in [3.63, 3.8) is 0 Å². The molecule has 1 aromatic heterocycles. The Balaban J connectivity index is 1.75. The molecule has 0 aliphatic carbocycles. The molecule has 200 valence electrons. The van der Waals surface area contributed by atoms with Gasteiger partial charge in [0.05, 0.1) is 40.4 Å². The minimum absolute atomic E-state index is 0.0119. The molecule has 3 aromatic rings. The number of anilines is 1. The van der Waals surface area contributed by atoms with Crippen LogP contribution < -0.4 is 19.7 Å². The van der Waals surface area contributed by atoms with Crippen molar-refractivity contribution in [1.82, 2.24) is 20.5 Å². The van der Waals surface area contributed by atoms with Gasteiger partial charge in [0.2, 0.25) is 5.88 Å². The number of hydrogen-bond donors (Lipinski definition) is 2. The van der Waals surface area contributed by atoms with E-state index in [1.54, 1.807) is 37.3 Å². The number of benzene rings is 2. The Morgan fingerprint density at radius 2 is 1.90 bits per heavy atom. The summed E-state index contributed by atoms with van der Waals surface area (Å²) >= 11 is 0. The van der Waals surface area contributed by atoms with Crippen molar-refractivity contribution in [2.24, 2.45) is 0 Å². The van der Waals surface area contributed by atoms with Gasteiger partial charge in [0.1, 0.15) is 0 Å². The van der Waals surface area contributed by atoms with E-state index in [2.05, 4.69) is 15.6 Å². The number of fused-ring (bicyclic) bond motifs is 1. The number of amides is 3. The first-order chi connectivity index (χ1) is 18.7. The number of carbonyl (C=O) groups excluding carboxylic acids is 2. The second-order valence-electron chi connectivity index (χ2n) is 9.29. The van der Waals surface area contributed by atoms with Gasteiger partial charge >= 0.3 is 6.03 Å². The molecule has 11 nitrogen and oxygen atoms in total. The summed E-state index contributed by atoms with van der Waals surface area (Å²) in [5.74, 6) is -0.907. The monoisotopic (exact) mass is 546 g/mol. The van der Waals surface area contributed by atoms with E-state index in [1.165, 1.54) is 36.5 Å². The summed E-state index contributed by atoms with van der Waals surface area (Å²) in [4.78, 5) is 34.1. The van der Waals surface area contributed by atoms with Crippen molar-refractivity contribution in [2.75, 3.05) is 31.0 Å². The van der Waals surface area contributed by atoms with Gasteiger partial charge in [-0.05, 0) is 56.4 Å². The van der Waals surface area contributed by atoms with Gasteiger partial charge in [0, 0.05) is 24.8 Å². The number of hydrogen-bond acceptors (Lipinski definition) is 8. The molecule has 1 atom stereocenters. The number of sulfonamides is 1. The molecule has 1 unspecified atom stereocenters. The fourth-order valence-electron chi connectivity index (χ4n) is 4.95. The van der Waals surface area contributed by atoms with Gasteiger partial charge in [0.25, 0.3) is 15.9 Å². The number of carbonyl (C=O) groups is 2. The average molecular weight is 547 g/mol. The van der Waals surface area contributed by atoms with Crippen LogP contribution in [-0.2, 0) is 20.4 Å². The number of ether oxygens (including phenoxy) is 1. The first-order valence-electron chi connectivity index (χ1n) is 12.3. The minimum Gasteiger partial charge on any atom is -0.478 e. The molecule has 0 radical (unpaired) electrons. The molecule has 5 rings (SSSR count). The predicted molar refractivity (Wildman–Crippen MR) is 141 cm³/mol. The molecule has 3 heterocycles. The maximum Gasteiger partial charge on any atom is 0.316 e. The lowest BCUT2D eigenvalue weighted by Gasteiger charge is -2.38. The number of aromatic nitrogens is 1. The Labute approximate surface area is 226 Å². The lowest BCUT2D eigenvalue weighted by molar-refractivity contribution is -0.121. The van der Waals surface area contributed by atoms with Gasteiger partial charge in [-0.25, -0.2) is 18.2 Å². The third kappa shape index (κ3) is 4.35. The number of likely N-dealkylation sites (tertiary alicyclic amines) is 1. The average Bonchev–Trinajstić information content (AvgIpc) is 3.16. The largest absolute Gasteiger partial charge is 0.478 e. The van der Waals surface area contributed by atoms with Crippen LogP contribution in [0.4, 0.5) is 10.5 Å². The van der Waals surface area contributed by atoms with Gasteiger partial charge in [0.15, 0.2) is 5.54 Å². The zero-order chi connectivity index (χ0) is 27.8. The highest BCUT2D eigenvalue weighted by atomic mass is 32.2. The van der Waals surface area contributed by atoms with Crippen LogP contribution in [-0.4, -0.2) is 63.0 Å². The second-order valence-corrected chi connectivity index (χ2v) is 11.1. The molecule has 1 saturated heterocycles. The number of nitriles is 1. The molecule has 12 heteroatoms. The third-order valence-corrected chi connectivity index (χ3v) is 8.40. The van der Waals surface area contributed by atoms with Gasteiger partial charge in [-0.2, -0.15) is 9.57 Å². The van der Waals surface area contributed by atoms with Gasteiger partial charge in [-0.1, -0.05) is 18.2 Å². The standard InChI is InChI=1S/C27H26N6O5S/c1-3-38-24-21(10-7-13-29-24)27(31-26(35)30-19-16-32(2)17-19)22-14-18(15-28)11-12-23(22)33(25(27)34)39(36,37)20-8-5-4-6-9-20/h4-14,19H,3,16-17H2,1-2H3,(H2,30,31,35). The predicted octanol–water partition coefficient (Wildman–Crippen LogP) is 1.94. The molecule has 39 heavy (non-hydrogen) atoms. The number of nitrogens with zero attached hydrogens (tertiary/aromatic N) is 4. The van der Waals surface area contributed by atoms with E-state index in [9.17, 15) is 23.3 Å². The maximum atomic E-state index is 14.5. The maximum absolute atomic E-state index is 14.5. The van der Waals surface area contributed by atoms with Crippen LogP contribution in [0, 0.1) is 11.3 Å². The van der Waals surface area contributed by atoms with Gasteiger partial charge < -0.3 is 20.3 Å². The third-order valence-electron chi connectivity index (χ3n) is 6.69. The van der Waals surface area contributed by atoms with E-state index in [0.29, 0.717) is 17.4 Å². The zero-order valence-electron chi connectivity index (χ0n) is 21.3. The molecule has 1 fully saturated rings. The van der Waals surface area contributed by atoms with Crippen molar-refractivity contribution in [2.45, 2.75) is 23.4 Å².